The van der Waals surface area contributed by atoms with Crippen molar-refractivity contribution >= 4 is 0 Å². The number of rotatable bonds is 4. The van der Waals surface area contributed by atoms with Gasteiger partial charge in [-0.1, -0.05) is 5.21 Å². The molecule has 0 aliphatic heterocycles. The maximum atomic E-state index is 5.29. The molecule has 5 nitrogen and oxygen atoms in total. The lowest BCUT2D eigenvalue weighted by Crippen LogP contribution is -2.21. The first-order chi connectivity index (χ1) is 5.33. The minimum Gasteiger partial charge on any atom is -0.329 e. The van der Waals surface area contributed by atoms with Gasteiger partial charge in [0.25, 0.3) is 0 Å². The van der Waals surface area contributed by atoms with Crippen LogP contribution in [0.25, 0.3) is 0 Å². The molecule has 0 aromatic carbocycles. The Morgan fingerprint density at radius 3 is 3.09 bits per heavy atom. The van der Waals surface area contributed by atoms with Crippen molar-refractivity contribution in [3.8, 4) is 0 Å². The van der Waals surface area contributed by atoms with Crippen LogP contribution in [0.3, 0.4) is 0 Å². The third-order valence-corrected chi connectivity index (χ3v) is 1.28. The molecule has 0 aliphatic carbocycles. The van der Waals surface area contributed by atoms with Crippen LogP contribution in [0.2, 0.25) is 0 Å². The van der Waals surface area contributed by atoms with Gasteiger partial charge >= 0.3 is 0 Å². The van der Waals surface area contributed by atoms with E-state index in [9.17, 15) is 0 Å². The van der Waals surface area contributed by atoms with E-state index in [0.29, 0.717) is 6.54 Å². The van der Waals surface area contributed by atoms with E-state index in [-0.39, 0.29) is 0 Å². The first-order valence-electron chi connectivity index (χ1n) is 3.59. The van der Waals surface area contributed by atoms with Crippen LogP contribution in [-0.4, -0.2) is 28.1 Å². The van der Waals surface area contributed by atoms with Crippen LogP contribution >= 0.6 is 0 Å². The second-order valence-corrected chi connectivity index (χ2v) is 2.35. The van der Waals surface area contributed by atoms with Crippen LogP contribution in [0, 0.1) is 0 Å². The largest absolute Gasteiger partial charge is 0.329 e. The lowest BCUT2D eigenvalue weighted by atomic mass is 10.4. The summed E-state index contributed by atoms with van der Waals surface area (Å²) in [6.07, 6.45) is 1.88. The summed E-state index contributed by atoms with van der Waals surface area (Å²) in [5.74, 6) is 0. The molecule has 0 saturated heterocycles. The molecule has 0 radical (unpaired) electrons. The number of hydrogen-bond donors (Lipinski definition) is 2. The van der Waals surface area contributed by atoms with Crippen LogP contribution in [0.5, 0.6) is 0 Å². The molecule has 0 amide bonds. The second kappa shape index (κ2) is 4.05. The van der Waals surface area contributed by atoms with Crippen molar-refractivity contribution in [2.75, 3.05) is 13.1 Å². The smallest absolute Gasteiger partial charge is 0.0964 e. The number of nitrogens with one attached hydrogen (secondary N) is 1. The SMILES string of the molecule is Cn1cc(CNCCN)nn1. The highest BCUT2D eigenvalue weighted by molar-refractivity contribution is 4.90. The van der Waals surface area contributed by atoms with Gasteiger partial charge in [0.2, 0.25) is 0 Å². The standard InChI is InChI=1S/C6H13N5/c1-11-5-6(9-10-11)4-8-3-2-7/h5,8H,2-4,7H2,1H3. The summed E-state index contributed by atoms with van der Waals surface area (Å²) in [5.41, 5.74) is 6.24. The van der Waals surface area contributed by atoms with E-state index in [1.165, 1.54) is 0 Å². The highest BCUT2D eigenvalue weighted by Gasteiger charge is 1.94. The van der Waals surface area contributed by atoms with Crippen LogP contribution < -0.4 is 11.1 Å². The van der Waals surface area contributed by atoms with Gasteiger partial charge in [0.1, 0.15) is 0 Å². The van der Waals surface area contributed by atoms with E-state index in [1.807, 2.05) is 13.2 Å². The summed E-state index contributed by atoms with van der Waals surface area (Å²) in [7, 11) is 1.85. The van der Waals surface area contributed by atoms with E-state index >= 15 is 0 Å². The minimum atomic E-state index is 0.653. The molecule has 1 heterocycles. The van der Waals surface area contributed by atoms with Crippen molar-refractivity contribution < 1.29 is 0 Å². The first-order valence-corrected chi connectivity index (χ1v) is 3.59. The molecular weight excluding hydrogens is 142 g/mol. The Labute approximate surface area is 65.6 Å². The molecule has 62 valence electrons. The highest BCUT2D eigenvalue weighted by atomic mass is 15.4. The number of aryl methyl sites for hydroxylation is 1. The monoisotopic (exact) mass is 155 g/mol. The Morgan fingerprint density at radius 1 is 1.73 bits per heavy atom. The van der Waals surface area contributed by atoms with Crippen LogP contribution in [-0.2, 0) is 13.6 Å². The normalized spacial score (nSPS) is 10.4. The van der Waals surface area contributed by atoms with E-state index in [2.05, 4.69) is 15.6 Å². The van der Waals surface area contributed by atoms with Crippen molar-refractivity contribution in [1.82, 2.24) is 20.3 Å². The van der Waals surface area contributed by atoms with Gasteiger partial charge in [0.05, 0.1) is 5.69 Å². The average molecular weight is 155 g/mol. The van der Waals surface area contributed by atoms with Gasteiger partial charge in [-0.15, -0.1) is 5.10 Å². The third-order valence-electron chi connectivity index (χ3n) is 1.28. The molecule has 0 fully saturated rings. The molecule has 3 N–H and O–H groups in total. The van der Waals surface area contributed by atoms with Crippen molar-refractivity contribution in [2.45, 2.75) is 6.54 Å². The fourth-order valence-corrected chi connectivity index (χ4v) is 0.795. The van der Waals surface area contributed by atoms with Gasteiger partial charge in [-0.05, 0) is 0 Å². The summed E-state index contributed by atoms with van der Waals surface area (Å²) in [4.78, 5) is 0. The summed E-state index contributed by atoms with van der Waals surface area (Å²) in [5, 5.41) is 10.8. The maximum absolute atomic E-state index is 5.29. The van der Waals surface area contributed by atoms with E-state index in [1.54, 1.807) is 4.68 Å². The van der Waals surface area contributed by atoms with Crippen LogP contribution in [0.15, 0.2) is 6.20 Å². The molecule has 0 aliphatic rings. The average Bonchev–Trinajstić information content (AvgIpc) is 2.37. The molecular formula is C6H13N5. The van der Waals surface area contributed by atoms with Crippen molar-refractivity contribution in [2.24, 2.45) is 12.8 Å². The highest BCUT2D eigenvalue weighted by Crippen LogP contribution is 1.88. The van der Waals surface area contributed by atoms with Gasteiger partial charge in [0, 0.05) is 32.9 Å². The Hall–Kier alpha value is -0.940. The molecule has 11 heavy (non-hydrogen) atoms. The Bertz CT molecular complexity index is 206. The van der Waals surface area contributed by atoms with Crippen molar-refractivity contribution in [1.29, 1.82) is 0 Å². The lowest BCUT2D eigenvalue weighted by molar-refractivity contribution is 0.676. The third kappa shape index (κ3) is 2.65. The van der Waals surface area contributed by atoms with Gasteiger partial charge < -0.3 is 11.1 Å². The van der Waals surface area contributed by atoms with Gasteiger partial charge in [-0.25, -0.2) is 0 Å². The molecule has 1 aromatic rings. The van der Waals surface area contributed by atoms with Crippen molar-refractivity contribution in [3.05, 3.63) is 11.9 Å². The lowest BCUT2D eigenvalue weighted by Gasteiger charge is -1.96. The molecule has 5 heteroatoms. The molecule has 0 atom stereocenters. The van der Waals surface area contributed by atoms with E-state index < -0.39 is 0 Å². The van der Waals surface area contributed by atoms with Crippen molar-refractivity contribution in [3.63, 3.8) is 0 Å². The zero-order valence-corrected chi connectivity index (χ0v) is 6.62. The van der Waals surface area contributed by atoms with Gasteiger partial charge in [0.15, 0.2) is 0 Å². The number of aromatic nitrogens is 3. The number of hydrogen-bond acceptors (Lipinski definition) is 4. The molecule has 1 rings (SSSR count). The Balaban J connectivity index is 2.27. The first kappa shape index (κ1) is 8.16. The summed E-state index contributed by atoms with van der Waals surface area (Å²) < 4.78 is 1.68. The predicted molar refractivity (Wildman–Crippen MR) is 41.8 cm³/mol. The topological polar surface area (TPSA) is 68.8 Å². The summed E-state index contributed by atoms with van der Waals surface area (Å²) in [6, 6.07) is 0. The molecule has 1 aromatic heterocycles. The molecule has 0 saturated carbocycles. The second-order valence-electron chi connectivity index (χ2n) is 2.35. The maximum Gasteiger partial charge on any atom is 0.0964 e. The zero-order valence-electron chi connectivity index (χ0n) is 6.62. The molecule has 0 bridgehead atoms. The number of nitrogens with two attached hydrogens (primary N) is 1. The predicted octanol–water partition coefficient (Wildman–Crippen LogP) is -1.14. The van der Waals surface area contributed by atoms with Crippen LogP contribution in [0.1, 0.15) is 5.69 Å². The fraction of sp³-hybridized carbons (Fsp3) is 0.667. The van der Waals surface area contributed by atoms with Gasteiger partial charge in [-0.3, -0.25) is 4.68 Å². The van der Waals surface area contributed by atoms with Gasteiger partial charge in [-0.2, -0.15) is 0 Å². The molecule has 0 unspecified atom stereocenters. The Kier molecular flexibility index (Phi) is 3.00. The summed E-state index contributed by atoms with van der Waals surface area (Å²) in [6.45, 7) is 2.21. The van der Waals surface area contributed by atoms with E-state index in [0.717, 1.165) is 18.8 Å². The minimum absolute atomic E-state index is 0.653. The Morgan fingerprint density at radius 2 is 2.55 bits per heavy atom. The van der Waals surface area contributed by atoms with E-state index in [4.69, 9.17) is 5.73 Å². The molecule has 0 spiro atoms. The fourth-order valence-electron chi connectivity index (χ4n) is 0.795. The summed E-state index contributed by atoms with van der Waals surface area (Å²) >= 11 is 0. The number of nitrogens with zero attached hydrogens (tertiary/aromatic N) is 3. The quantitative estimate of drug-likeness (QED) is 0.539. The van der Waals surface area contributed by atoms with Crippen LogP contribution in [0.4, 0.5) is 0 Å². The zero-order chi connectivity index (χ0) is 8.10.